The van der Waals surface area contributed by atoms with Crippen LogP contribution in [0.5, 0.6) is 0 Å². The van der Waals surface area contributed by atoms with E-state index in [2.05, 4.69) is 86.6 Å². The second-order valence-corrected chi connectivity index (χ2v) is 11.4. The van der Waals surface area contributed by atoms with E-state index in [4.69, 9.17) is 18.8 Å². The van der Waals surface area contributed by atoms with Crippen LogP contribution in [-0.4, -0.2) is 9.97 Å². The number of fused-ring (bicyclic) bond motifs is 10. The van der Waals surface area contributed by atoms with Gasteiger partial charge in [0.2, 0.25) is 5.71 Å². The summed E-state index contributed by atoms with van der Waals surface area (Å²) < 4.78 is 12.9. The predicted molar refractivity (Wildman–Crippen MR) is 165 cm³/mol. The van der Waals surface area contributed by atoms with Crippen LogP contribution >= 0.6 is 0 Å². The fraction of sp³-hybridized carbons (Fsp3) is 0.0811. The number of nitrogens with zero attached hydrogens (tertiary/aromatic N) is 2. The Labute approximate surface area is 235 Å². The predicted octanol–water partition coefficient (Wildman–Crippen LogP) is 9.92. The average Bonchev–Trinajstić information content (AvgIpc) is 3.64. The standard InChI is InChI=1S/C37H24N2O2/c1-37(2)28-14-8-6-12-23(28)25-18-19-26-24-17-16-22(20-30(24)40-34(26)32(25)37)35-38-33(21-10-4-3-5-11-21)31-27-13-7-9-15-29(27)41-36(31)39-35/h3-20H,1-2H3. The van der Waals surface area contributed by atoms with Gasteiger partial charge in [-0.05, 0) is 41.0 Å². The lowest BCUT2D eigenvalue weighted by atomic mass is 9.82. The smallest absolute Gasteiger partial charge is 0.231 e. The van der Waals surface area contributed by atoms with Gasteiger partial charge >= 0.3 is 0 Å². The summed E-state index contributed by atoms with van der Waals surface area (Å²) in [5.74, 6) is 0.607. The number of rotatable bonds is 2. The third kappa shape index (κ3) is 3.05. The van der Waals surface area contributed by atoms with Crippen LogP contribution in [0.4, 0.5) is 0 Å². The average molecular weight is 529 g/mol. The number of para-hydroxylation sites is 1. The zero-order valence-corrected chi connectivity index (χ0v) is 22.6. The van der Waals surface area contributed by atoms with E-state index in [1.54, 1.807) is 0 Å². The first-order valence-corrected chi connectivity index (χ1v) is 13.9. The molecule has 4 nitrogen and oxygen atoms in total. The summed E-state index contributed by atoms with van der Waals surface area (Å²) in [6.45, 7) is 4.58. The van der Waals surface area contributed by atoms with E-state index >= 15 is 0 Å². The lowest BCUT2D eigenvalue weighted by molar-refractivity contribution is 0.620. The fourth-order valence-electron chi connectivity index (χ4n) is 6.78. The highest BCUT2D eigenvalue weighted by molar-refractivity contribution is 6.12. The number of furan rings is 2. The summed E-state index contributed by atoms with van der Waals surface area (Å²) in [6, 6.07) is 37.7. The Morgan fingerprint density at radius 1 is 0.585 bits per heavy atom. The van der Waals surface area contributed by atoms with Gasteiger partial charge in [-0.1, -0.05) is 98.8 Å². The van der Waals surface area contributed by atoms with Crippen molar-refractivity contribution in [3.8, 4) is 33.8 Å². The maximum absolute atomic E-state index is 6.70. The van der Waals surface area contributed by atoms with Crippen LogP contribution in [0, 0.1) is 0 Å². The SMILES string of the molecule is CC1(C)c2ccccc2-c2ccc3c(oc4cc(-c5nc(-c6ccccc6)c6c(n5)oc5ccccc56)ccc43)c21. The molecule has 0 fully saturated rings. The monoisotopic (exact) mass is 528 g/mol. The second-order valence-electron chi connectivity index (χ2n) is 11.4. The highest BCUT2D eigenvalue weighted by Gasteiger charge is 2.38. The van der Waals surface area contributed by atoms with Gasteiger partial charge in [0.1, 0.15) is 16.7 Å². The number of aromatic nitrogens is 2. The third-order valence-electron chi connectivity index (χ3n) is 8.70. The molecule has 8 aromatic rings. The Morgan fingerprint density at radius 2 is 1.37 bits per heavy atom. The Hall–Kier alpha value is -5.22. The molecule has 3 aromatic heterocycles. The Kier molecular flexibility index (Phi) is 4.36. The summed E-state index contributed by atoms with van der Waals surface area (Å²) in [6.07, 6.45) is 0. The molecule has 0 saturated heterocycles. The Morgan fingerprint density at radius 3 is 2.27 bits per heavy atom. The summed E-state index contributed by atoms with van der Waals surface area (Å²) in [5, 5.41) is 4.16. The van der Waals surface area contributed by atoms with Gasteiger partial charge < -0.3 is 8.83 Å². The van der Waals surface area contributed by atoms with Gasteiger partial charge in [-0.25, -0.2) is 4.98 Å². The van der Waals surface area contributed by atoms with Crippen molar-refractivity contribution in [3.63, 3.8) is 0 Å². The Balaban J connectivity index is 1.28. The van der Waals surface area contributed by atoms with E-state index in [-0.39, 0.29) is 5.41 Å². The van der Waals surface area contributed by atoms with Gasteiger partial charge in [0.25, 0.3) is 0 Å². The van der Waals surface area contributed by atoms with Crippen molar-refractivity contribution in [2.24, 2.45) is 0 Å². The van der Waals surface area contributed by atoms with Gasteiger partial charge in [0.15, 0.2) is 5.82 Å². The molecule has 1 aliphatic rings. The molecule has 1 aliphatic carbocycles. The first kappa shape index (κ1) is 22.6. The van der Waals surface area contributed by atoms with Crippen LogP contribution < -0.4 is 0 Å². The molecule has 0 bridgehead atoms. The lowest BCUT2D eigenvalue weighted by Crippen LogP contribution is -2.15. The molecule has 0 aliphatic heterocycles. The minimum absolute atomic E-state index is 0.151. The van der Waals surface area contributed by atoms with Crippen molar-refractivity contribution < 1.29 is 8.83 Å². The molecule has 41 heavy (non-hydrogen) atoms. The first-order valence-electron chi connectivity index (χ1n) is 13.9. The van der Waals surface area contributed by atoms with Crippen molar-refractivity contribution in [2.45, 2.75) is 19.3 Å². The molecule has 0 atom stereocenters. The van der Waals surface area contributed by atoms with Gasteiger partial charge in [-0.2, -0.15) is 4.98 Å². The van der Waals surface area contributed by atoms with Gasteiger partial charge in [-0.3, -0.25) is 0 Å². The highest BCUT2D eigenvalue weighted by Crippen LogP contribution is 2.52. The summed E-state index contributed by atoms with van der Waals surface area (Å²) in [4.78, 5) is 10.0. The molecular weight excluding hydrogens is 504 g/mol. The van der Waals surface area contributed by atoms with Crippen LogP contribution in [0.25, 0.3) is 77.8 Å². The molecule has 0 unspecified atom stereocenters. The van der Waals surface area contributed by atoms with Crippen molar-refractivity contribution in [1.82, 2.24) is 9.97 Å². The zero-order valence-electron chi connectivity index (χ0n) is 22.6. The van der Waals surface area contributed by atoms with Gasteiger partial charge in [0, 0.05) is 38.3 Å². The van der Waals surface area contributed by atoms with E-state index in [1.165, 1.54) is 22.3 Å². The number of benzene rings is 5. The van der Waals surface area contributed by atoms with Crippen molar-refractivity contribution in [1.29, 1.82) is 0 Å². The van der Waals surface area contributed by atoms with Gasteiger partial charge in [0.05, 0.1) is 11.1 Å². The third-order valence-corrected chi connectivity index (χ3v) is 8.70. The topological polar surface area (TPSA) is 52.1 Å². The summed E-state index contributed by atoms with van der Waals surface area (Å²) in [7, 11) is 0. The van der Waals surface area contributed by atoms with Crippen LogP contribution in [0.1, 0.15) is 25.0 Å². The molecule has 194 valence electrons. The summed E-state index contributed by atoms with van der Waals surface area (Å²) >= 11 is 0. The molecule has 5 aromatic carbocycles. The van der Waals surface area contributed by atoms with Crippen LogP contribution in [-0.2, 0) is 5.41 Å². The zero-order chi connectivity index (χ0) is 27.3. The lowest BCUT2D eigenvalue weighted by Gasteiger charge is -2.21. The largest absolute Gasteiger partial charge is 0.456 e. The van der Waals surface area contributed by atoms with E-state index in [1.807, 2.05) is 36.4 Å². The molecule has 0 amide bonds. The molecule has 3 heterocycles. The van der Waals surface area contributed by atoms with E-state index < -0.39 is 0 Å². The van der Waals surface area contributed by atoms with Crippen LogP contribution in [0.15, 0.2) is 118 Å². The van der Waals surface area contributed by atoms with Crippen molar-refractivity contribution in [3.05, 3.63) is 120 Å². The Bertz CT molecular complexity index is 2340. The highest BCUT2D eigenvalue weighted by atomic mass is 16.3. The second kappa shape index (κ2) is 7.92. The van der Waals surface area contributed by atoms with Gasteiger partial charge in [-0.15, -0.1) is 0 Å². The molecule has 4 heteroatoms. The van der Waals surface area contributed by atoms with Crippen LogP contribution in [0.3, 0.4) is 0 Å². The summed E-state index contributed by atoms with van der Waals surface area (Å²) in [5.41, 5.74) is 10.9. The van der Waals surface area contributed by atoms with E-state index in [9.17, 15) is 0 Å². The first-order chi connectivity index (χ1) is 20.1. The number of hydrogen-bond donors (Lipinski definition) is 0. The molecule has 0 radical (unpaired) electrons. The minimum atomic E-state index is -0.151. The molecular formula is C37H24N2O2. The van der Waals surface area contributed by atoms with E-state index in [0.717, 1.165) is 55.1 Å². The molecule has 0 spiro atoms. The maximum Gasteiger partial charge on any atom is 0.231 e. The van der Waals surface area contributed by atoms with Crippen molar-refractivity contribution in [2.75, 3.05) is 0 Å². The minimum Gasteiger partial charge on any atom is -0.456 e. The number of hydrogen-bond acceptors (Lipinski definition) is 4. The van der Waals surface area contributed by atoms with Crippen LogP contribution in [0.2, 0.25) is 0 Å². The molecule has 0 saturated carbocycles. The fourth-order valence-corrected chi connectivity index (χ4v) is 6.78. The molecule has 0 N–H and O–H groups in total. The van der Waals surface area contributed by atoms with E-state index in [0.29, 0.717) is 11.5 Å². The van der Waals surface area contributed by atoms with Crippen molar-refractivity contribution >= 4 is 44.0 Å². The quantitative estimate of drug-likeness (QED) is 0.224. The maximum atomic E-state index is 6.70. The molecule has 9 rings (SSSR count). The normalized spacial score (nSPS) is 13.8.